The van der Waals surface area contributed by atoms with Gasteiger partial charge in [-0.05, 0) is 64.2 Å². The van der Waals surface area contributed by atoms with Gasteiger partial charge in [-0.25, -0.2) is 4.57 Å². The molecular formula is C49H93NO8P+. The SMILES string of the molecule is CCC/C=C\CCCCCCCC(=O)OCC(COP(=O)(O)OCC[N+](C)(C)C)OC(=O)CCCCCCCCCCCCCCC/C=C\C/C=C\CCCCCCC. The van der Waals surface area contributed by atoms with E-state index >= 15 is 0 Å². The van der Waals surface area contributed by atoms with Crippen molar-refractivity contribution in [3.05, 3.63) is 36.5 Å². The summed E-state index contributed by atoms with van der Waals surface area (Å²) >= 11 is 0. The van der Waals surface area contributed by atoms with Crippen LogP contribution in [-0.4, -0.2) is 74.9 Å². The van der Waals surface area contributed by atoms with Gasteiger partial charge in [0.25, 0.3) is 0 Å². The number of quaternary nitrogens is 1. The molecule has 0 bridgehead atoms. The van der Waals surface area contributed by atoms with Crippen LogP contribution in [0.1, 0.15) is 213 Å². The maximum absolute atomic E-state index is 12.7. The topological polar surface area (TPSA) is 108 Å². The fourth-order valence-corrected chi connectivity index (χ4v) is 7.32. The van der Waals surface area contributed by atoms with E-state index in [1.54, 1.807) is 0 Å². The molecule has 0 spiro atoms. The summed E-state index contributed by atoms with van der Waals surface area (Å²) in [5, 5.41) is 0. The van der Waals surface area contributed by atoms with Crippen LogP contribution in [0.4, 0.5) is 0 Å². The van der Waals surface area contributed by atoms with Crippen LogP contribution < -0.4 is 0 Å². The van der Waals surface area contributed by atoms with Gasteiger partial charge in [0.1, 0.15) is 19.8 Å². The predicted molar refractivity (Wildman–Crippen MR) is 247 cm³/mol. The van der Waals surface area contributed by atoms with E-state index in [-0.39, 0.29) is 32.0 Å². The molecule has 0 aliphatic carbocycles. The maximum atomic E-state index is 12.7. The summed E-state index contributed by atoms with van der Waals surface area (Å²) in [6, 6.07) is 0. The van der Waals surface area contributed by atoms with Gasteiger partial charge >= 0.3 is 19.8 Å². The highest BCUT2D eigenvalue weighted by atomic mass is 31.2. The predicted octanol–water partition coefficient (Wildman–Crippen LogP) is 14.1. The van der Waals surface area contributed by atoms with Crippen molar-refractivity contribution in [1.82, 2.24) is 0 Å². The number of phosphoric ester groups is 1. The summed E-state index contributed by atoms with van der Waals surface area (Å²) in [4.78, 5) is 35.4. The number of ether oxygens (including phenoxy) is 2. The number of carbonyl (C=O) groups is 2. The Labute approximate surface area is 363 Å². The van der Waals surface area contributed by atoms with Crippen molar-refractivity contribution in [3.63, 3.8) is 0 Å². The third kappa shape index (κ3) is 45.6. The van der Waals surface area contributed by atoms with Gasteiger partial charge in [0.05, 0.1) is 27.7 Å². The summed E-state index contributed by atoms with van der Waals surface area (Å²) in [6.07, 6.45) is 47.8. The average Bonchev–Trinajstić information content (AvgIpc) is 3.19. The molecule has 0 aliphatic heterocycles. The second-order valence-electron chi connectivity index (χ2n) is 17.5. The van der Waals surface area contributed by atoms with Crippen LogP contribution in [0.25, 0.3) is 0 Å². The lowest BCUT2D eigenvalue weighted by Crippen LogP contribution is -2.37. The fraction of sp³-hybridized carbons (Fsp3) is 0.837. The number of esters is 2. The van der Waals surface area contributed by atoms with Crippen molar-refractivity contribution >= 4 is 19.8 Å². The van der Waals surface area contributed by atoms with E-state index in [2.05, 4.69) is 50.3 Å². The lowest BCUT2D eigenvalue weighted by molar-refractivity contribution is -0.870. The summed E-state index contributed by atoms with van der Waals surface area (Å²) in [7, 11) is 1.47. The van der Waals surface area contributed by atoms with Gasteiger partial charge in [-0.2, -0.15) is 0 Å². The molecule has 9 nitrogen and oxygen atoms in total. The summed E-state index contributed by atoms with van der Waals surface area (Å²) in [5.74, 6) is -0.808. The Morgan fingerprint density at radius 3 is 1.42 bits per heavy atom. The van der Waals surface area contributed by atoms with Gasteiger partial charge in [0, 0.05) is 12.8 Å². The highest BCUT2D eigenvalue weighted by Gasteiger charge is 2.27. The van der Waals surface area contributed by atoms with Gasteiger partial charge in [0.15, 0.2) is 6.10 Å². The Kier molecular flexibility index (Phi) is 40.3. The second kappa shape index (κ2) is 41.6. The maximum Gasteiger partial charge on any atom is 0.472 e. The standard InChI is InChI=1S/C49H92NO8P/c1-6-8-10-12-14-16-18-19-20-21-22-23-24-25-26-27-28-29-30-31-32-34-36-38-40-42-49(52)58-47(46-57-59(53,54)56-44-43-50(3,4)5)45-55-48(51)41-39-37-35-33-17-15-13-11-9-7-2/h11,13,18-19,21-22,47H,6-10,12,14-17,20,23-46H2,1-5H3/p+1/b13-11-,19-18-,22-21-. The first-order valence-electron chi connectivity index (χ1n) is 24.2. The molecule has 59 heavy (non-hydrogen) atoms. The molecule has 0 heterocycles. The largest absolute Gasteiger partial charge is 0.472 e. The minimum atomic E-state index is -4.37. The van der Waals surface area contributed by atoms with Gasteiger partial charge in [-0.15, -0.1) is 0 Å². The molecule has 1 N–H and O–H groups in total. The first kappa shape index (κ1) is 57.2. The molecule has 2 unspecified atom stereocenters. The van der Waals surface area contributed by atoms with E-state index in [9.17, 15) is 19.0 Å². The number of hydrogen-bond acceptors (Lipinski definition) is 7. The zero-order valence-corrected chi connectivity index (χ0v) is 39.9. The average molecular weight is 855 g/mol. The number of hydrogen-bond donors (Lipinski definition) is 1. The zero-order valence-electron chi connectivity index (χ0n) is 39.0. The highest BCUT2D eigenvalue weighted by Crippen LogP contribution is 2.43. The Bertz CT molecular complexity index is 1100. The Morgan fingerprint density at radius 2 is 0.949 bits per heavy atom. The molecule has 0 rings (SSSR count). The van der Waals surface area contributed by atoms with Crippen LogP contribution in [0.2, 0.25) is 0 Å². The van der Waals surface area contributed by atoms with Crippen LogP contribution in [0.3, 0.4) is 0 Å². The third-order valence-electron chi connectivity index (χ3n) is 10.4. The van der Waals surface area contributed by atoms with E-state index in [4.69, 9.17) is 18.5 Å². The number of allylic oxidation sites excluding steroid dienone is 6. The lowest BCUT2D eigenvalue weighted by Gasteiger charge is -2.24. The second-order valence-corrected chi connectivity index (χ2v) is 18.9. The Morgan fingerprint density at radius 1 is 0.525 bits per heavy atom. The highest BCUT2D eigenvalue weighted by molar-refractivity contribution is 7.47. The fourth-order valence-electron chi connectivity index (χ4n) is 6.58. The van der Waals surface area contributed by atoms with Gasteiger partial charge < -0.3 is 18.9 Å². The molecule has 0 amide bonds. The Hall–Kier alpha value is -1.77. The number of phosphoric acid groups is 1. The van der Waals surface area contributed by atoms with E-state index in [1.165, 1.54) is 116 Å². The minimum absolute atomic E-state index is 0.0306. The monoisotopic (exact) mass is 855 g/mol. The number of nitrogens with zero attached hydrogens (tertiary/aromatic N) is 1. The number of likely N-dealkylation sites (N-methyl/N-ethyl adjacent to an activating group) is 1. The first-order valence-corrected chi connectivity index (χ1v) is 25.7. The van der Waals surface area contributed by atoms with Crippen molar-refractivity contribution < 1.29 is 42.1 Å². The third-order valence-corrected chi connectivity index (χ3v) is 11.4. The molecule has 0 aromatic rings. The van der Waals surface area contributed by atoms with Crippen LogP contribution in [0.15, 0.2) is 36.5 Å². The molecular weight excluding hydrogens is 762 g/mol. The van der Waals surface area contributed by atoms with Gasteiger partial charge in [-0.3, -0.25) is 18.6 Å². The summed E-state index contributed by atoms with van der Waals surface area (Å²) in [5.41, 5.74) is 0. The van der Waals surface area contributed by atoms with Crippen molar-refractivity contribution in [2.75, 3.05) is 47.5 Å². The van der Waals surface area contributed by atoms with Crippen LogP contribution in [0, 0.1) is 0 Å². The number of unbranched alkanes of at least 4 members (excludes halogenated alkanes) is 24. The van der Waals surface area contributed by atoms with Gasteiger partial charge in [-0.1, -0.05) is 172 Å². The van der Waals surface area contributed by atoms with Crippen LogP contribution in [-0.2, 0) is 32.7 Å². The van der Waals surface area contributed by atoms with E-state index in [0.717, 1.165) is 64.2 Å². The molecule has 0 radical (unpaired) electrons. The Balaban J connectivity index is 4.15. The normalized spacial score (nSPS) is 13.8. The lowest BCUT2D eigenvalue weighted by atomic mass is 10.0. The molecule has 0 aromatic carbocycles. The molecule has 346 valence electrons. The molecule has 0 saturated carbocycles. The zero-order chi connectivity index (χ0) is 43.6. The summed E-state index contributed by atoms with van der Waals surface area (Å²) in [6.45, 7) is 4.35. The van der Waals surface area contributed by atoms with Crippen molar-refractivity contribution in [1.29, 1.82) is 0 Å². The minimum Gasteiger partial charge on any atom is -0.462 e. The first-order chi connectivity index (χ1) is 28.5. The van der Waals surface area contributed by atoms with E-state index in [1.807, 2.05) is 21.1 Å². The smallest absolute Gasteiger partial charge is 0.462 e. The van der Waals surface area contributed by atoms with Gasteiger partial charge in [0.2, 0.25) is 0 Å². The molecule has 0 fully saturated rings. The molecule has 10 heteroatoms. The van der Waals surface area contributed by atoms with Crippen molar-refractivity contribution in [3.8, 4) is 0 Å². The molecule has 0 aliphatic rings. The van der Waals surface area contributed by atoms with Crippen LogP contribution >= 0.6 is 7.82 Å². The van der Waals surface area contributed by atoms with Crippen LogP contribution in [0.5, 0.6) is 0 Å². The summed E-state index contributed by atoms with van der Waals surface area (Å²) < 4.78 is 34.3. The molecule has 0 aromatic heterocycles. The molecule has 2 atom stereocenters. The number of carbonyl (C=O) groups excluding carboxylic acids is 2. The van der Waals surface area contributed by atoms with Crippen molar-refractivity contribution in [2.24, 2.45) is 0 Å². The van der Waals surface area contributed by atoms with E-state index in [0.29, 0.717) is 17.4 Å². The van der Waals surface area contributed by atoms with Crippen molar-refractivity contribution in [2.45, 2.75) is 219 Å². The van der Waals surface area contributed by atoms with E-state index < -0.39 is 26.5 Å². The quantitative estimate of drug-likeness (QED) is 0.0212. The molecule has 0 saturated heterocycles. The number of rotatable bonds is 44.